The number of likely N-dealkylation sites (tertiary alicyclic amines) is 1. The van der Waals surface area contributed by atoms with Crippen molar-refractivity contribution in [1.29, 1.82) is 5.26 Å². The first kappa shape index (κ1) is 27.8. The molecule has 0 spiro atoms. The molecule has 1 saturated heterocycles. The predicted octanol–water partition coefficient (Wildman–Crippen LogP) is 5.59. The molecule has 0 saturated carbocycles. The zero-order valence-corrected chi connectivity index (χ0v) is 23.0. The molecule has 2 aromatic carbocycles. The fraction of sp³-hybridized carbons (Fsp3) is 0.433. The fourth-order valence-corrected chi connectivity index (χ4v) is 4.56. The van der Waals surface area contributed by atoms with Crippen molar-refractivity contribution in [3.63, 3.8) is 0 Å². The number of amides is 1. The lowest BCUT2D eigenvalue weighted by Gasteiger charge is -2.24. The maximum Gasteiger partial charge on any atom is 0.410 e. The molecule has 1 fully saturated rings. The number of rotatable bonds is 8. The minimum atomic E-state index is -0.602. The number of nitrogens with zero attached hydrogens (tertiary/aromatic N) is 2. The van der Waals surface area contributed by atoms with Gasteiger partial charge in [-0.3, -0.25) is 4.79 Å². The molecule has 39 heavy (non-hydrogen) atoms. The summed E-state index contributed by atoms with van der Waals surface area (Å²) in [5.41, 5.74) is 1.19. The molecule has 1 aromatic heterocycles. The molecule has 9 heteroatoms. The second-order valence-corrected chi connectivity index (χ2v) is 10.5. The standard InChI is InChI=1S/C30H34N2O7/c1-6-36-28(33)25(16-24-15-21-13-19(17-31)14-26(35-5)27(21)38-24)20-7-9-22(10-8-20)37-23-11-12-32(18-23)29(34)39-30(2,3)4/h7-10,13-15,23,25H,6,11-12,16,18H2,1-5H3/t23-,25?/m0/s1. The Morgan fingerprint density at radius 3 is 2.56 bits per heavy atom. The smallest absolute Gasteiger partial charge is 0.410 e. The molecule has 1 aliphatic heterocycles. The Bertz CT molecular complexity index is 1360. The summed E-state index contributed by atoms with van der Waals surface area (Å²) < 4.78 is 28.4. The summed E-state index contributed by atoms with van der Waals surface area (Å²) in [6, 6.07) is 14.6. The highest BCUT2D eigenvalue weighted by Crippen LogP contribution is 2.33. The lowest BCUT2D eigenvalue weighted by Crippen LogP contribution is -2.36. The second kappa shape index (κ2) is 11.7. The van der Waals surface area contributed by atoms with Crippen molar-refractivity contribution in [2.45, 2.75) is 58.2 Å². The number of esters is 1. The summed E-state index contributed by atoms with van der Waals surface area (Å²) in [5.74, 6) is 0.719. The number of hydrogen-bond acceptors (Lipinski definition) is 8. The van der Waals surface area contributed by atoms with Gasteiger partial charge in [0.2, 0.25) is 0 Å². The Balaban J connectivity index is 1.47. The number of furan rings is 1. The molecule has 2 atom stereocenters. The molecule has 206 valence electrons. The average Bonchev–Trinajstić information content (AvgIpc) is 3.53. The van der Waals surface area contributed by atoms with E-state index < -0.39 is 11.5 Å². The molecule has 3 aromatic rings. The lowest BCUT2D eigenvalue weighted by atomic mass is 9.94. The number of ether oxygens (including phenoxy) is 4. The van der Waals surface area contributed by atoms with Crippen molar-refractivity contribution in [1.82, 2.24) is 4.90 Å². The topological polar surface area (TPSA) is 111 Å². The van der Waals surface area contributed by atoms with Gasteiger partial charge in [-0.1, -0.05) is 12.1 Å². The van der Waals surface area contributed by atoms with Gasteiger partial charge >= 0.3 is 12.1 Å². The first-order chi connectivity index (χ1) is 18.6. The van der Waals surface area contributed by atoms with Crippen LogP contribution in [0.1, 0.15) is 56.9 Å². The molecular formula is C30H34N2O7. The van der Waals surface area contributed by atoms with Gasteiger partial charge in [0.25, 0.3) is 0 Å². The van der Waals surface area contributed by atoms with Gasteiger partial charge < -0.3 is 28.3 Å². The van der Waals surface area contributed by atoms with Crippen LogP contribution in [0.15, 0.2) is 46.9 Å². The van der Waals surface area contributed by atoms with E-state index in [0.717, 1.165) is 10.9 Å². The summed E-state index contributed by atoms with van der Waals surface area (Å²) in [6.07, 6.45) is 0.489. The van der Waals surface area contributed by atoms with E-state index in [0.29, 0.717) is 47.9 Å². The van der Waals surface area contributed by atoms with Gasteiger partial charge in [0.1, 0.15) is 23.2 Å². The van der Waals surface area contributed by atoms with E-state index in [9.17, 15) is 14.9 Å². The highest BCUT2D eigenvalue weighted by atomic mass is 16.6. The largest absolute Gasteiger partial charge is 0.493 e. The van der Waals surface area contributed by atoms with Gasteiger partial charge in [0.15, 0.2) is 11.3 Å². The number of hydrogen-bond donors (Lipinski definition) is 0. The normalized spacial score (nSPS) is 16.0. The zero-order chi connectivity index (χ0) is 28.2. The summed E-state index contributed by atoms with van der Waals surface area (Å²) >= 11 is 0. The average molecular weight is 535 g/mol. The van der Waals surface area contributed by atoms with Gasteiger partial charge in [0.05, 0.1) is 37.8 Å². The van der Waals surface area contributed by atoms with Crippen molar-refractivity contribution in [2.24, 2.45) is 0 Å². The van der Waals surface area contributed by atoms with Crippen molar-refractivity contribution in [3.05, 3.63) is 59.4 Å². The molecule has 1 unspecified atom stereocenters. The Morgan fingerprint density at radius 1 is 1.18 bits per heavy atom. The summed E-state index contributed by atoms with van der Waals surface area (Å²) in [7, 11) is 1.52. The molecule has 0 radical (unpaired) electrons. The van der Waals surface area contributed by atoms with Crippen LogP contribution in [0.4, 0.5) is 4.79 Å². The number of carbonyl (C=O) groups is 2. The Labute approximate surface area is 228 Å². The summed E-state index contributed by atoms with van der Waals surface area (Å²) in [5, 5.41) is 10.0. The molecule has 2 heterocycles. The monoisotopic (exact) mass is 534 g/mol. The van der Waals surface area contributed by atoms with Crippen LogP contribution in [-0.2, 0) is 20.7 Å². The van der Waals surface area contributed by atoms with Crippen LogP contribution in [0.25, 0.3) is 11.0 Å². The molecule has 0 bridgehead atoms. The van der Waals surface area contributed by atoms with Crippen molar-refractivity contribution in [2.75, 3.05) is 26.8 Å². The van der Waals surface area contributed by atoms with Crippen LogP contribution in [0.2, 0.25) is 0 Å². The van der Waals surface area contributed by atoms with Crippen molar-refractivity contribution >= 4 is 23.0 Å². The van der Waals surface area contributed by atoms with E-state index in [-0.39, 0.29) is 31.2 Å². The van der Waals surface area contributed by atoms with Gasteiger partial charge in [-0.05, 0) is 57.5 Å². The highest BCUT2D eigenvalue weighted by Gasteiger charge is 2.31. The first-order valence-electron chi connectivity index (χ1n) is 13.0. The van der Waals surface area contributed by atoms with Gasteiger partial charge in [-0.25, -0.2) is 4.79 Å². The Hall–Kier alpha value is -4.19. The van der Waals surface area contributed by atoms with Crippen LogP contribution < -0.4 is 9.47 Å². The molecular weight excluding hydrogens is 500 g/mol. The van der Waals surface area contributed by atoms with E-state index in [4.69, 9.17) is 23.4 Å². The van der Waals surface area contributed by atoms with Crippen molar-refractivity contribution < 1.29 is 33.0 Å². The van der Waals surface area contributed by atoms with Gasteiger partial charge in [-0.2, -0.15) is 5.26 Å². The van der Waals surface area contributed by atoms with E-state index in [1.807, 2.05) is 51.1 Å². The van der Waals surface area contributed by atoms with E-state index >= 15 is 0 Å². The quantitative estimate of drug-likeness (QED) is 0.344. The molecule has 0 N–H and O–H groups in total. The third-order valence-electron chi connectivity index (χ3n) is 6.34. The molecule has 0 aliphatic carbocycles. The highest BCUT2D eigenvalue weighted by molar-refractivity contribution is 5.86. The molecule has 1 amide bonds. The number of carbonyl (C=O) groups excluding carboxylic acids is 2. The maximum atomic E-state index is 12.9. The predicted molar refractivity (Wildman–Crippen MR) is 144 cm³/mol. The third kappa shape index (κ3) is 6.82. The second-order valence-electron chi connectivity index (χ2n) is 10.5. The van der Waals surface area contributed by atoms with E-state index in [2.05, 4.69) is 6.07 Å². The van der Waals surface area contributed by atoms with Crippen LogP contribution in [0.5, 0.6) is 11.5 Å². The van der Waals surface area contributed by atoms with Crippen LogP contribution in [-0.4, -0.2) is 55.5 Å². The summed E-state index contributed by atoms with van der Waals surface area (Å²) in [4.78, 5) is 26.9. The van der Waals surface area contributed by atoms with E-state index in [1.165, 1.54) is 7.11 Å². The first-order valence-corrected chi connectivity index (χ1v) is 13.0. The van der Waals surface area contributed by atoms with E-state index in [1.54, 1.807) is 24.0 Å². The van der Waals surface area contributed by atoms with Crippen LogP contribution in [0, 0.1) is 11.3 Å². The third-order valence-corrected chi connectivity index (χ3v) is 6.34. The minimum absolute atomic E-state index is 0.145. The fourth-order valence-electron chi connectivity index (χ4n) is 4.56. The Kier molecular flexibility index (Phi) is 8.34. The lowest BCUT2D eigenvalue weighted by molar-refractivity contribution is -0.145. The van der Waals surface area contributed by atoms with Gasteiger partial charge in [-0.15, -0.1) is 0 Å². The number of methoxy groups -OCH3 is 1. The number of nitriles is 1. The maximum absolute atomic E-state index is 12.9. The van der Waals surface area contributed by atoms with Crippen LogP contribution in [0.3, 0.4) is 0 Å². The minimum Gasteiger partial charge on any atom is -0.493 e. The zero-order valence-electron chi connectivity index (χ0n) is 23.0. The number of benzene rings is 2. The molecule has 4 rings (SSSR count). The Morgan fingerprint density at radius 2 is 1.92 bits per heavy atom. The van der Waals surface area contributed by atoms with Crippen molar-refractivity contribution in [3.8, 4) is 17.6 Å². The molecule has 9 nitrogen and oxygen atoms in total. The SMILES string of the molecule is CCOC(=O)C(Cc1cc2cc(C#N)cc(OC)c2o1)c1ccc(O[C@H]2CCN(C(=O)OC(C)(C)C)C2)cc1. The van der Waals surface area contributed by atoms with Crippen LogP contribution >= 0.6 is 0 Å². The number of fused-ring (bicyclic) bond motifs is 1. The summed E-state index contributed by atoms with van der Waals surface area (Å²) in [6.45, 7) is 8.57. The molecule has 1 aliphatic rings. The van der Waals surface area contributed by atoms with Gasteiger partial charge in [0, 0.05) is 30.8 Å².